The van der Waals surface area contributed by atoms with Gasteiger partial charge < -0.3 is 18.2 Å². The van der Waals surface area contributed by atoms with Crippen molar-refractivity contribution in [2.24, 2.45) is 5.92 Å². The summed E-state index contributed by atoms with van der Waals surface area (Å²) < 4.78 is 27.2. The molecule has 0 spiro atoms. The van der Waals surface area contributed by atoms with Gasteiger partial charge in [-0.1, -0.05) is 90.2 Å². The molecule has 1 aromatic rings. The van der Waals surface area contributed by atoms with E-state index in [0.29, 0.717) is 13.2 Å². The van der Waals surface area contributed by atoms with Gasteiger partial charge in [0.2, 0.25) is 0 Å². The first kappa shape index (κ1) is 35.7. The minimum Gasteiger partial charge on any atom is -0.417 e. The van der Waals surface area contributed by atoms with Crippen LogP contribution in [0.25, 0.3) is 0 Å². The molecule has 0 aromatic heterocycles. The highest BCUT2D eigenvalue weighted by molar-refractivity contribution is 6.91. The van der Waals surface area contributed by atoms with E-state index in [9.17, 15) is 0 Å². The summed E-state index contributed by atoms with van der Waals surface area (Å²) in [7, 11) is -6.60. The van der Waals surface area contributed by atoms with Gasteiger partial charge in [0.1, 0.15) is 0 Å². The van der Waals surface area contributed by atoms with E-state index >= 15 is 0 Å². The first-order chi connectivity index (χ1) is 17.8. The molecule has 1 fully saturated rings. The summed E-state index contributed by atoms with van der Waals surface area (Å²) in [5, 5.41) is 1.67. The van der Waals surface area contributed by atoms with Gasteiger partial charge in [0.25, 0.3) is 0 Å². The Morgan fingerprint density at radius 1 is 0.775 bits per heavy atom. The van der Waals surface area contributed by atoms with Gasteiger partial charge in [-0.05, 0) is 75.0 Å². The fraction of sp³-hybridized carbons (Fsp3) is 0.750. The Hall–Kier alpha value is -0.484. The second-order valence-electron chi connectivity index (χ2n) is 16.6. The summed E-state index contributed by atoms with van der Waals surface area (Å²) >= 11 is 0. The Morgan fingerprint density at radius 2 is 1.18 bits per heavy atom. The molecule has 0 amide bonds. The highest BCUT2D eigenvalue weighted by Gasteiger charge is 2.55. The predicted molar refractivity (Wildman–Crippen MR) is 182 cm³/mol. The lowest BCUT2D eigenvalue weighted by Crippen LogP contribution is -2.54. The molecule has 0 unspecified atom stereocenters. The van der Waals surface area contributed by atoms with Crippen LogP contribution < -0.4 is 5.19 Å². The van der Waals surface area contributed by atoms with Crippen LogP contribution in [0, 0.1) is 5.92 Å². The van der Waals surface area contributed by atoms with E-state index in [4.69, 9.17) is 24.7 Å². The molecule has 8 heteroatoms. The Kier molecular flexibility index (Phi) is 10.6. The molecule has 0 saturated carbocycles. The van der Waals surface area contributed by atoms with Crippen LogP contribution in [0.4, 0.5) is 0 Å². The molecular formula is C32H61BO4Si3. The molecule has 0 aliphatic carbocycles. The second kappa shape index (κ2) is 11.9. The van der Waals surface area contributed by atoms with E-state index in [1.165, 1.54) is 5.19 Å². The van der Waals surface area contributed by atoms with Crippen LogP contribution in [-0.4, -0.2) is 56.2 Å². The van der Waals surface area contributed by atoms with Crippen LogP contribution in [0.5, 0.6) is 0 Å². The lowest BCUT2D eigenvalue weighted by atomic mass is 9.71. The summed E-state index contributed by atoms with van der Waals surface area (Å²) in [5.41, 5.74) is 0.369. The molecule has 1 aliphatic heterocycles. The van der Waals surface area contributed by atoms with Gasteiger partial charge in [-0.2, -0.15) is 0 Å². The number of rotatable bonds is 11. The SMILES string of the molecule is C=C(B1OC(C)(C)C(C)(C)O1)[C@H](CO[Si](C)(C)C(C)(C)C)[C@H](CO[Si](C)(C)C(C)(C)C)[Si](C)(C)c1ccccc1. The summed E-state index contributed by atoms with van der Waals surface area (Å²) in [5.74, 6) is 0.0375. The minimum absolute atomic E-state index is 0.0375. The van der Waals surface area contributed by atoms with Crippen molar-refractivity contribution >= 4 is 37.0 Å². The summed E-state index contributed by atoms with van der Waals surface area (Å²) in [6.45, 7) is 42.7. The van der Waals surface area contributed by atoms with Crippen molar-refractivity contribution in [3.63, 3.8) is 0 Å². The average Bonchev–Trinajstić information content (AvgIpc) is 3.01. The van der Waals surface area contributed by atoms with Gasteiger partial charge in [-0.15, -0.1) is 6.58 Å². The van der Waals surface area contributed by atoms with Crippen LogP contribution in [0.1, 0.15) is 69.2 Å². The highest BCUT2D eigenvalue weighted by Crippen LogP contribution is 2.46. The van der Waals surface area contributed by atoms with E-state index in [2.05, 4.69) is 139 Å². The van der Waals surface area contributed by atoms with E-state index in [-0.39, 0.29) is 21.5 Å². The van der Waals surface area contributed by atoms with E-state index in [0.717, 1.165) is 5.47 Å². The van der Waals surface area contributed by atoms with Crippen molar-refractivity contribution in [1.29, 1.82) is 0 Å². The molecule has 1 aromatic carbocycles. The fourth-order valence-corrected chi connectivity index (χ4v) is 10.1. The second-order valence-corrected chi connectivity index (χ2v) is 31.0. The summed E-state index contributed by atoms with van der Waals surface area (Å²) in [4.78, 5) is 0. The molecular weight excluding hydrogens is 543 g/mol. The molecule has 0 radical (unpaired) electrons. The molecule has 2 rings (SSSR count). The van der Waals surface area contributed by atoms with E-state index < -0.39 is 43.0 Å². The molecule has 2 atom stereocenters. The van der Waals surface area contributed by atoms with Gasteiger partial charge in [-0.25, -0.2) is 0 Å². The van der Waals surface area contributed by atoms with Crippen LogP contribution in [0.15, 0.2) is 42.4 Å². The first-order valence-electron chi connectivity index (χ1n) is 15.1. The summed E-state index contributed by atoms with van der Waals surface area (Å²) in [6.07, 6.45) is 0. The molecule has 1 aliphatic rings. The first-order valence-corrected chi connectivity index (χ1v) is 24.0. The molecule has 1 saturated heterocycles. The third-order valence-electron chi connectivity index (χ3n) is 10.8. The van der Waals surface area contributed by atoms with Crippen molar-refractivity contribution in [2.75, 3.05) is 13.2 Å². The smallest absolute Gasteiger partial charge is 0.417 e. The summed E-state index contributed by atoms with van der Waals surface area (Å²) in [6, 6.07) is 11.0. The Morgan fingerprint density at radius 3 is 1.57 bits per heavy atom. The zero-order valence-corrected chi connectivity index (χ0v) is 31.9. The van der Waals surface area contributed by atoms with Gasteiger partial charge in [0, 0.05) is 19.1 Å². The van der Waals surface area contributed by atoms with Gasteiger partial charge in [-0.3, -0.25) is 0 Å². The van der Waals surface area contributed by atoms with E-state index in [1.807, 2.05) is 0 Å². The third-order valence-corrected chi connectivity index (χ3v) is 24.1. The van der Waals surface area contributed by atoms with Gasteiger partial charge >= 0.3 is 7.12 Å². The Labute approximate surface area is 251 Å². The maximum absolute atomic E-state index is 7.05. The average molecular weight is 605 g/mol. The zero-order chi connectivity index (χ0) is 31.2. The van der Waals surface area contributed by atoms with Crippen LogP contribution in [0.3, 0.4) is 0 Å². The molecule has 0 N–H and O–H groups in total. The van der Waals surface area contributed by atoms with Gasteiger partial charge in [0.05, 0.1) is 19.3 Å². The van der Waals surface area contributed by atoms with E-state index in [1.54, 1.807) is 0 Å². The van der Waals surface area contributed by atoms with Crippen LogP contribution in [-0.2, 0) is 18.2 Å². The standard InChI is InChI=1S/C32H61BO4Si3/c1-25(33-36-31(8,9)32(10,11)37-33)27(23-34-39(14,15)29(2,3)4)28(24-35-40(16,17)30(5,6)7)38(12,13)26-21-19-18-20-22-26/h18-22,27-28H,1,23-24H2,2-17H3/t27-,28-/m0/s1. The van der Waals surface area contributed by atoms with Crippen LogP contribution >= 0.6 is 0 Å². The molecule has 228 valence electrons. The Bertz CT molecular complexity index is 991. The van der Waals surface area contributed by atoms with Crippen molar-refractivity contribution in [3.8, 4) is 0 Å². The lowest BCUT2D eigenvalue weighted by molar-refractivity contribution is 0.00578. The largest absolute Gasteiger partial charge is 0.490 e. The zero-order valence-electron chi connectivity index (χ0n) is 28.9. The quantitative estimate of drug-likeness (QED) is 0.237. The number of hydrogen-bond donors (Lipinski definition) is 0. The molecule has 1 heterocycles. The molecule has 0 bridgehead atoms. The predicted octanol–water partition coefficient (Wildman–Crippen LogP) is 8.82. The van der Waals surface area contributed by atoms with Crippen molar-refractivity contribution < 1.29 is 18.2 Å². The maximum atomic E-state index is 7.05. The Balaban J connectivity index is 2.63. The van der Waals surface area contributed by atoms with Crippen molar-refractivity contribution in [3.05, 3.63) is 42.4 Å². The molecule has 4 nitrogen and oxygen atoms in total. The third kappa shape index (κ3) is 7.72. The monoisotopic (exact) mass is 604 g/mol. The molecule has 40 heavy (non-hydrogen) atoms. The normalized spacial score (nSPS) is 19.9. The van der Waals surface area contributed by atoms with Crippen molar-refractivity contribution in [1.82, 2.24) is 0 Å². The lowest BCUT2D eigenvalue weighted by Gasteiger charge is -2.45. The van der Waals surface area contributed by atoms with Gasteiger partial charge in [0.15, 0.2) is 16.6 Å². The van der Waals surface area contributed by atoms with Crippen LogP contribution in [0.2, 0.25) is 54.9 Å². The number of hydrogen-bond acceptors (Lipinski definition) is 4. The maximum Gasteiger partial charge on any atom is 0.490 e. The minimum atomic E-state index is -2.10. The highest BCUT2D eigenvalue weighted by atomic mass is 28.4. The fourth-order valence-electron chi connectivity index (χ4n) is 4.59. The topological polar surface area (TPSA) is 36.9 Å². The van der Waals surface area contributed by atoms with Crippen molar-refractivity contribution in [2.45, 2.75) is 135 Å². The number of benzene rings is 1.